The van der Waals surface area contributed by atoms with E-state index >= 15 is 0 Å². The maximum atomic E-state index is 11.5. The van der Waals surface area contributed by atoms with E-state index in [0.717, 1.165) is 24.3 Å². The molecule has 1 saturated heterocycles. The number of nitrogens with zero attached hydrogens (tertiary/aromatic N) is 2. The topological polar surface area (TPSA) is 62.2 Å². The van der Waals surface area contributed by atoms with Crippen LogP contribution in [0.15, 0.2) is 17.1 Å². The van der Waals surface area contributed by atoms with Crippen molar-refractivity contribution >= 4 is 5.65 Å². The average molecular weight is 232 g/mol. The smallest absolute Gasteiger partial charge is 0.254 e. The summed E-state index contributed by atoms with van der Waals surface area (Å²) in [6.07, 6.45) is 5.37. The molecule has 0 bridgehead atoms. The number of aromatic nitrogens is 3. The van der Waals surface area contributed by atoms with Gasteiger partial charge < -0.3 is 10.3 Å². The predicted molar refractivity (Wildman–Crippen MR) is 65.1 cm³/mol. The Kier molecular flexibility index (Phi) is 2.48. The summed E-state index contributed by atoms with van der Waals surface area (Å²) in [6.45, 7) is 2.84. The van der Waals surface area contributed by atoms with Gasteiger partial charge in [0.25, 0.3) is 5.56 Å². The molecule has 0 aromatic carbocycles. The normalized spacial score (nSPS) is 20.9. The highest BCUT2D eigenvalue weighted by Crippen LogP contribution is 2.22. The van der Waals surface area contributed by atoms with Gasteiger partial charge in [-0.15, -0.1) is 0 Å². The second-order valence-electron chi connectivity index (χ2n) is 4.67. The van der Waals surface area contributed by atoms with Crippen LogP contribution in [-0.4, -0.2) is 21.1 Å². The van der Waals surface area contributed by atoms with E-state index in [1.807, 2.05) is 6.07 Å². The second kappa shape index (κ2) is 4.00. The Balaban J connectivity index is 2.03. The van der Waals surface area contributed by atoms with Crippen molar-refractivity contribution in [3.8, 4) is 0 Å². The van der Waals surface area contributed by atoms with E-state index in [4.69, 9.17) is 0 Å². The van der Waals surface area contributed by atoms with Crippen molar-refractivity contribution in [1.82, 2.24) is 19.9 Å². The van der Waals surface area contributed by atoms with Crippen LogP contribution in [0, 0.1) is 6.92 Å². The molecule has 0 spiro atoms. The molecule has 1 atom stereocenters. The molecular formula is C12H16N4O. The highest BCUT2D eigenvalue weighted by molar-refractivity contribution is 5.40. The molecule has 1 aliphatic rings. The van der Waals surface area contributed by atoms with Crippen molar-refractivity contribution in [3.63, 3.8) is 0 Å². The monoisotopic (exact) mass is 232 g/mol. The summed E-state index contributed by atoms with van der Waals surface area (Å²) in [5.74, 6) is 0. The van der Waals surface area contributed by atoms with Gasteiger partial charge in [0.2, 0.25) is 0 Å². The molecule has 1 aliphatic heterocycles. The zero-order valence-electron chi connectivity index (χ0n) is 9.86. The highest BCUT2D eigenvalue weighted by Gasteiger charge is 2.17. The van der Waals surface area contributed by atoms with Gasteiger partial charge in [-0.3, -0.25) is 4.79 Å². The predicted octanol–water partition coefficient (Wildman–Crippen LogP) is 1.15. The third kappa shape index (κ3) is 1.86. The van der Waals surface area contributed by atoms with Crippen molar-refractivity contribution in [1.29, 1.82) is 0 Å². The SMILES string of the molecule is Cc1cn2nc([C@@H]3CCCCN3)cc2[nH]c1=O. The molecular weight excluding hydrogens is 216 g/mol. The summed E-state index contributed by atoms with van der Waals surface area (Å²) in [7, 11) is 0. The molecule has 0 saturated carbocycles. The van der Waals surface area contributed by atoms with Crippen molar-refractivity contribution in [3.05, 3.63) is 33.9 Å². The Bertz CT molecular complexity index is 592. The van der Waals surface area contributed by atoms with Gasteiger partial charge in [0.05, 0.1) is 11.7 Å². The molecule has 1 fully saturated rings. The molecule has 5 heteroatoms. The standard InChI is InChI=1S/C12H16N4O/c1-8-7-16-11(14-12(8)17)6-10(15-16)9-4-2-3-5-13-9/h6-7,9,13H,2-5H2,1H3,(H,14,17)/t9-/m0/s1. The van der Waals surface area contributed by atoms with Crippen LogP contribution < -0.4 is 10.9 Å². The van der Waals surface area contributed by atoms with Crippen molar-refractivity contribution in [2.24, 2.45) is 0 Å². The molecule has 0 unspecified atom stereocenters. The van der Waals surface area contributed by atoms with Crippen molar-refractivity contribution in [2.75, 3.05) is 6.54 Å². The molecule has 90 valence electrons. The summed E-state index contributed by atoms with van der Waals surface area (Å²) in [4.78, 5) is 14.3. The molecule has 5 nitrogen and oxygen atoms in total. The van der Waals surface area contributed by atoms with Gasteiger partial charge in [-0.1, -0.05) is 6.42 Å². The lowest BCUT2D eigenvalue weighted by atomic mass is 10.0. The number of hydrogen-bond acceptors (Lipinski definition) is 3. The minimum atomic E-state index is -0.0412. The first kappa shape index (κ1) is 10.5. The number of aryl methyl sites for hydroxylation is 1. The van der Waals surface area contributed by atoms with Crippen LogP contribution in [0.2, 0.25) is 0 Å². The summed E-state index contributed by atoms with van der Waals surface area (Å²) in [5.41, 5.74) is 2.43. The van der Waals surface area contributed by atoms with Crippen LogP contribution in [0.25, 0.3) is 5.65 Å². The Morgan fingerprint density at radius 3 is 3.12 bits per heavy atom. The van der Waals surface area contributed by atoms with E-state index in [1.165, 1.54) is 12.8 Å². The summed E-state index contributed by atoms with van der Waals surface area (Å²) in [5, 5.41) is 7.98. The number of aromatic amines is 1. The van der Waals surface area contributed by atoms with Gasteiger partial charge in [0.1, 0.15) is 5.65 Å². The van der Waals surface area contributed by atoms with Gasteiger partial charge in [0.15, 0.2) is 0 Å². The molecule has 0 radical (unpaired) electrons. The summed E-state index contributed by atoms with van der Waals surface area (Å²) in [6, 6.07) is 2.29. The molecule has 3 rings (SSSR count). The van der Waals surface area contributed by atoms with E-state index in [0.29, 0.717) is 11.6 Å². The fraction of sp³-hybridized carbons (Fsp3) is 0.500. The number of H-pyrrole nitrogens is 1. The fourth-order valence-electron chi connectivity index (χ4n) is 2.34. The highest BCUT2D eigenvalue weighted by atomic mass is 16.1. The van der Waals surface area contributed by atoms with E-state index in [1.54, 1.807) is 17.6 Å². The van der Waals surface area contributed by atoms with Crippen LogP contribution in [0.3, 0.4) is 0 Å². The van der Waals surface area contributed by atoms with Gasteiger partial charge in [-0.05, 0) is 26.3 Å². The Morgan fingerprint density at radius 1 is 1.47 bits per heavy atom. The number of hydrogen-bond donors (Lipinski definition) is 2. The molecule has 0 amide bonds. The number of nitrogens with one attached hydrogen (secondary N) is 2. The third-order valence-corrected chi connectivity index (χ3v) is 3.34. The van der Waals surface area contributed by atoms with Crippen LogP contribution in [-0.2, 0) is 0 Å². The lowest BCUT2D eigenvalue weighted by Crippen LogP contribution is -2.27. The number of rotatable bonds is 1. The quantitative estimate of drug-likeness (QED) is 0.775. The zero-order chi connectivity index (χ0) is 11.8. The van der Waals surface area contributed by atoms with E-state index in [9.17, 15) is 4.79 Å². The van der Waals surface area contributed by atoms with Gasteiger partial charge in [-0.2, -0.15) is 5.10 Å². The van der Waals surface area contributed by atoms with Gasteiger partial charge in [-0.25, -0.2) is 4.52 Å². The molecule has 2 aromatic rings. The number of fused-ring (bicyclic) bond motifs is 1. The molecule has 2 aromatic heterocycles. The van der Waals surface area contributed by atoms with Crippen molar-refractivity contribution in [2.45, 2.75) is 32.2 Å². The minimum Gasteiger partial charge on any atom is -0.309 e. The van der Waals surface area contributed by atoms with E-state index in [2.05, 4.69) is 15.4 Å². The maximum absolute atomic E-state index is 11.5. The average Bonchev–Trinajstić information content (AvgIpc) is 2.74. The minimum absolute atomic E-state index is 0.0412. The molecule has 17 heavy (non-hydrogen) atoms. The molecule has 3 heterocycles. The first-order chi connectivity index (χ1) is 8.24. The maximum Gasteiger partial charge on any atom is 0.254 e. The van der Waals surface area contributed by atoms with Crippen molar-refractivity contribution < 1.29 is 0 Å². The Morgan fingerprint density at radius 2 is 2.35 bits per heavy atom. The van der Waals surface area contributed by atoms with Gasteiger partial charge in [0, 0.05) is 17.8 Å². The summed E-state index contributed by atoms with van der Waals surface area (Å²) < 4.78 is 1.75. The summed E-state index contributed by atoms with van der Waals surface area (Å²) >= 11 is 0. The zero-order valence-corrected chi connectivity index (χ0v) is 9.86. The molecule has 2 N–H and O–H groups in total. The lowest BCUT2D eigenvalue weighted by molar-refractivity contribution is 0.404. The largest absolute Gasteiger partial charge is 0.309 e. The fourth-order valence-corrected chi connectivity index (χ4v) is 2.34. The first-order valence-electron chi connectivity index (χ1n) is 6.06. The van der Waals surface area contributed by atoms with E-state index in [-0.39, 0.29) is 5.56 Å². The van der Waals surface area contributed by atoms with Crippen LogP contribution >= 0.6 is 0 Å². The number of piperidine rings is 1. The Hall–Kier alpha value is -1.62. The Labute approximate surface area is 98.9 Å². The second-order valence-corrected chi connectivity index (χ2v) is 4.67. The molecule has 0 aliphatic carbocycles. The first-order valence-corrected chi connectivity index (χ1v) is 6.06. The third-order valence-electron chi connectivity index (χ3n) is 3.34. The lowest BCUT2D eigenvalue weighted by Gasteiger charge is -2.21. The van der Waals surface area contributed by atoms with Crippen LogP contribution in [0.5, 0.6) is 0 Å². The van der Waals surface area contributed by atoms with Gasteiger partial charge >= 0.3 is 0 Å². The van der Waals surface area contributed by atoms with E-state index < -0.39 is 0 Å². The van der Waals surface area contributed by atoms with Crippen LogP contribution in [0.4, 0.5) is 0 Å². The van der Waals surface area contributed by atoms with Crippen LogP contribution in [0.1, 0.15) is 36.6 Å².